The lowest BCUT2D eigenvalue weighted by molar-refractivity contribution is 0.242. The monoisotopic (exact) mass is 331 g/mol. The SMILES string of the molecule is CC(N)CC(C)COc1cc(F)c2c(c1)OCc1cnc(N)cc1-2. The van der Waals surface area contributed by atoms with Crippen molar-refractivity contribution in [3.63, 3.8) is 0 Å². The van der Waals surface area contributed by atoms with Crippen LogP contribution in [0.4, 0.5) is 10.2 Å². The fraction of sp³-hybridized carbons (Fsp3) is 0.389. The molecule has 2 aromatic rings. The smallest absolute Gasteiger partial charge is 0.138 e. The van der Waals surface area contributed by atoms with Gasteiger partial charge in [0.05, 0.1) is 12.2 Å². The minimum Gasteiger partial charge on any atom is -0.493 e. The number of nitrogens with two attached hydrogens (primary N) is 2. The summed E-state index contributed by atoms with van der Waals surface area (Å²) in [6.07, 6.45) is 2.47. The van der Waals surface area contributed by atoms with Gasteiger partial charge in [-0.1, -0.05) is 6.92 Å². The Hall–Kier alpha value is -2.34. The van der Waals surface area contributed by atoms with Gasteiger partial charge in [0.15, 0.2) is 0 Å². The van der Waals surface area contributed by atoms with E-state index in [0.29, 0.717) is 36.1 Å². The van der Waals surface area contributed by atoms with Gasteiger partial charge in [0, 0.05) is 35.5 Å². The van der Waals surface area contributed by atoms with Crippen LogP contribution in [0.2, 0.25) is 0 Å². The van der Waals surface area contributed by atoms with E-state index in [1.807, 2.05) is 6.92 Å². The third kappa shape index (κ3) is 3.43. The molecular formula is C18H22FN3O2. The van der Waals surface area contributed by atoms with Gasteiger partial charge in [-0.05, 0) is 25.3 Å². The first-order valence-electron chi connectivity index (χ1n) is 8.03. The maximum atomic E-state index is 14.6. The van der Waals surface area contributed by atoms with Crippen molar-refractivity contribution in [3.05, 3.63) is 35.8 Å². The first-order chi connectivity index (χ1) is 11.4. The molecule has 0 radical (unpaired) electrons. The van der Waals surface area contributed by atoms with Gasteiger partial charge in [-0.25, -0.2) is 9.37 Å². The van der Waals surface area contributed by atoms with Crippen LogP contribution in [0.25, 0.3) is 11.1 Å². The van der Waals surface area contributed by atoms with Gasteiger partial charge in [0.2, 0.25) is 0 Å². The second kappa shape index (κ2) is 6.65. The minimum atomic E-state index is -0.395. The van der Waals surface area contributed by atoms with E-state index in [2.05, 4.69) is 11.9 Å². The average Bonchev–Trinajstić information content (AvgIpc) is 2.51. The summed E-state index contributed by atoms with van der Waals surface area (Å²) < 4.78 is 26.0. The number of fused-ring (bicyclic) bond motifs is 3. The number of nitrogens with zero attached hydrogens (tertiary/aromatic N) is 1. The van der Waals surface area contributed by atoms with Gasteiger partial charge < -0.3 is 20.9 Å². The van der Waals surface area contributed by atoms with Gasteiger partial charge in [0.1, 0.15) is 29.7 Å². The average molecular weight is 331 g/mol. The van der Waals surface area contributed by atoms with Crippen molar-refractivity contribution in [2.24, 2.45) is 11.7 Å². The lowest BCUT2D eigenvalue weighted by Gasteiger charge is -2.22. The Morgan fingerprint density at radius 3 is 2.88 bits per heavy atom. The van der Waals surface area contributed by atoms with E-state index in [9.17, 15) is 4.39 Å². The molecule has 0 amide bonds. The summed E-state index contributed by atoms with van der Waals surface area (Å²) in [5.74, 6) is 1.16. The van der Waals surface area contributed by atoms with E-state index in [1.54, 1.807) is 18.3 Å². The van der Waals surface area contributed by atoms with Crippen LogP contribution in [0, 0.1) is 11.7 Å². The van der Waals surface area contributed by atoms with Gasteiger partial charge in [-0.3, -0.25) is 0 Å². The normalized spacial score (nSPS) is 15.0. The van der Waals surface area contributed by atoms with Gasteiger partial charge >= 0.3 is 0 Å². The summed E-state index contributed by atoms with van der Waals surface area (Å²) >= 11 is 0. The number of ether oxygens (including phenoxy) is 2. The number of benzene rings is 1. The highest BCUT2D eigenvalue weighted by Gasteiger charge is 2.23. The van der Waals surface area contributed by atoms with Gasteiger partial charge in [-0.2, -0.15) is 0 Å². The lowest BCUT2D eigenvalue weighted by atomic mass is 9.98. The van der Waals surface area contributed by atoms with E-state index < -0.39 is 5.82 Å². The zero-order valence-corrected chi connectivity index (χ0v) is 13.9. The molecule has 1 aliphatic heterocycles. The number of hydrogen-bond donors (Lipinski definition) is 2. The second-order valence-electron chi connectivity index (χ2n) is 6.46. The molecule has 2 heterocycles. The van der Waals surface area contributed by atoms with E-state index in [1.165, 1.54) is 6.07 Å². The zero-order valence-electron chi connectivity index (χ0n) is 13.9. The van der Waals surface area contributed by atoms with Crippen LogP contribution in [-0.2, 0) is 6.61 Å². The molecule has 3 rings (SSSR count). The summed E-state index contributed by atoms with van der Waals surface area (Å²) in [5.41, 5.74) is 13.5. The molecule has 6 heteroatoms. The molecule has 24 heavy (non-hydrogen) atoms. The Kier molecular flexibility index (Phi) is 4.57. The number of hydrogen-bond acceptors (Lipinski definition) is 5. The van der Waals surface area contributed by atoms with Crippen LogP contribution in [0.5, 0.6) is 11.5 Å². The van der Waals surface area contributed by atoms with Crippen LogP contribution < -0.4 is 20.9 Å². The van der Waals surface area contributed by atoms with Crippen molar-refractivity contribution in [1.82, 2.24) is 4.98 Å². The van der Waals surface area contributed by atoms with Crippen LogP contribution in [-0.4, -0.2) is 17.6 Å². The van der Waals surface area contributed by atoms with Gasteiger partial charge in [-0.15, -0.1) is 0 Å². The first kappa shape index (κ1) is 16.5. The number of halogens is 1. The fourth-order valence-corrected chi connectivity index (χ4v) is 2.96. The molecule has 0 spiro atoms. The summed E-state index contributed by atoms with van der Waals surface area (Å²) in [6, 6.07) is 4.89. The Morgan fingerprint density at radius 2 is 2.12 bits per heavy atom. The van der Waals surface area contributed by atoms with Crippen molar-refractivity contribution >= 4 is 5.82 Å². The Labute approximate surface area is 140 Å². The number of pyridine rings is 1. The maximum absolute atomic E-state index is 14.6. The topological polar surface area (TPSA) is 83.4 Å². The summed E-state index contributed by atoms with van der Waals surface area (Å²) in [7, 11) is 0. The molecule has 0 saturated heterocycles. The quantitative estimate of drug-likeness (QED) is 0.879. The number of aromatic nitrogens is 1. The second-order valence-corrected chi connectivity index (χ2v) is 6.46. The summed E-state index contributed by atoms with van der Waals surface area (Å²) in [5, 5.41) is 0. The molecule has 0 saturated carbocycles. The molecule has 2 unspecified atom stereocenters. The number of anilines is 1. The van der Waals surface area contributed by atoms with Crippen LogP contribution >= 0.6 is 0 Å². The highest BCUT2D eigenvalue weighted by Crippen LogP contribution is 2.42. The van der Waals surface area contributed by atoms with E-state index in [0.717, 1.165) is 17.5 Å². The van der Waals surface area contributed by atoms with E-state index >= 15 is 0 Å². The molecule has 1 aliphatic rings. The minimum absolute atomic E-state index is 0.114. The molecule has 0 fully saturated rings. The van der Waals surface area contributed by atoms with Gasteiger partial charge in [0.25, 0.3) is 0 Å². The molecule has 1 aromatic carbocycles. The largest absolute Gasteiger partial charge is 0.493 e. The predicted octanol–water partition coefficient (Wildman–Crippen LogP) is 3.11. The van der Waals surface area contributed by atoms with Crippen LogP contribution in [0.1, 0.15) is 25.8 Å². The summed E-state index contributed by atoms with van der Waals surface area (Å²) in [6.45, 7) is 4.83. The van der Waals surface area contributed by atoms with Crippen molar-refractivity contribution in [2.75, 3.05) is 12.3 Å². The Bertz CT molecular complexity index is 749. The Balaban J connectivity index is 1.84. The third-order valence-corrected chi connectivity index (χ3v) is 4.00. The van der Waals surface area contributed by atoms with E-state index in [4.69, 9.17) is 20.9 Å². The molecule has 0 aliphatic carbocycles. The molecule has 2 atom stereocenters. The van der Waals surface area contributed by atoms with Crippen molar-refractivity contribution < 1.29 is 13.9 Å². The van der Waals surface area contributed by atoms with Crippen LogP contribution in [0.15, 0.2) is 24.4 Å². The third-order valence-electron chi connectivity index (χ3n) is 4.00. The first-order valence-corrected chi connectivity index (χ1v) is 8.03. The number of rotatable bonds is 5. The predicted molar refractivity (Wildman–Crippen MR) is 91.3 cm³/mol. The van der Waals surface area contributed by atoms with Crippen molar-refractivity contribution in [3.8, 4) is 22.6 Å². The Morgan fingerprint density at radius 1 is 1.33 bits per heavy atom. The molecule has 4 N–H and O–H groups in total. The molecule has 0 bridgehead atoms. The zero-order chi connectivity index (χ0) is 17.3. The van der Waals surface area contributed by atoms with Crippen molar-refractivity contribution in [2.45, 2.75) is 32.9 Å². The lowest BCUT2D eigenvalue weighted by Crippen LogP contribution is -2.21. The molecule has 128 valence electrons. The number of nitrogen functional groups attached to an aromatic ring is 1. The summed E-state index contributed by atoms with van der Waals surface area (Å²) in [4.78, 5) is 4.03. The fourth-order valence-electron chi connectivity index (χ4n) is 2.96. The van der Waals surface area contributed by atoms with Crippen molar-refractivity contribution in [1.29, 1.82) is 0 Å². The highest BCUT2D eigenvalue weighted by molar-refractivity contribution is 5.77. The standard InChI is InChI=1S/C18H22FN3O2/c1-10(3-11(2)20)8-23-13-4-15(19)18-14-6-17(21)22-7-12(14)9-24-16(18)5-13/h4-7,10-11H,3,8-9,20H2,1-2H3,(H2,21,22). The molecular weight excluding hydrogens is 309 g/mol. The van der Waals surface area contributed by atoms with E-state index in [-0.39, 0.29) is 12.0 Å². The molecule has 5 nitrogen and oxygen atoms in total. The maximum Gasteiger partial charge on any atom is 0.138 e. The van der Waals surface area contributed by atoms with Crippen LogP contribution in [0.3, 0.4) is 0 Å². The highest BCUT2D eigenvalue weighted by atomic mass is 19.1. The molecule has 1 aromatic heterocycles.